The fourth-order valence-electron chi connectivity index (χ4n) is 1.41. The minimum Gasteiger partial charge on any atom is -0.437 e. The summed E-state index contributed by atoms with van der Waals surface area (Å²) in [6.07, 6.45) is -2.08. The molecule has 0 unspecified atom stereocenters. The lowest BCUT2D eigenvalue weighted by Gasteiger charge is -2.10. The number of amidine groups is 1. The predicted octanol–water partition coefficient (Wildman–Crippen LogP) is 2.45. The second-order valence-corrected chi connectivity index (χ2v) is 3.75. The number of nitrogens with zero attached hydrogens (tertiary/aromatic N) is 2. The first kappa shape index (κ1) is 14.6. The van der Waals surface area contributed by atoms with Gasteiger partial charge in [0, 0.05) is 12.4 Å². The number of nitrogens with one attached hydrogen (secondary N) is 1. The summed E-state index contributed by atoms with van der Waals surface area (Å²) < 4.78 is 45.1. The van der Waals surface area contributed by atoms with E-state index in [2.05, 4.69) is 14.7 Å². The van der Waals surface area contributed by atoms with Crippen LogP contribution in [0.3, 0.4) is 0 Å². The Morgan fingerprint density at radius 1 is 1.05 bits per heavy atom. The van der Waals surface area contributed by atoms with E-state index in [4.69, 9.17) is 15.9 Å². The lowest BCUT2D eigenvalue weighted by Crippen LogP contribution is -2.17. The molecule has 110 valence electrons. The zero-order chi connectivity index (χ0) is 15.5. The molecular formula is C12H9F3N4O2. The van der Waals surface area contributed by atoms with Crippen molar-refractivity contribution in [2.75, 3.05) is 0 Å². The van der Waals surface area contributed by atoms with Crippen LogP contribution in [-0.4, -0.2) is 22.2 Å². The van der Waals surface area contributed by atoms with Gasteiger partial charge in [-0.15, -0.1) is 13.2 Å². The topological polar surface area (TPSA) is 94.1 Å². The van der Waals surface area contributed by atoms with Gasteiger partial charge in [-0.25, -0.2) is 9.97 Å². The van der Waals surface area contributed by atoms with E-state index in [0.717, 1.165) is 12.1 Å². The van der Waals surface area contributed by atoms with Crippen molar-refractivity contribution in [1.82, 2.24) is 9.97 Å². The Labute approximate surface area is 116 Å². The highest BCUT2D eigenvalue weighted by atomic mass is 19.4. The monoisotopic (exact) mass is 298 g/mol. The molecule has 0 saturated heterocycles. The smallest absolute Gasteiger partial charge is 0.437 e. The van der Waals surface area contributed by atoms with E-state index >= 15 is 0 Å². The number of alkyl halides is 3. The van der Waals surface area contributed by atoms with Crippen LogP contribution in [0.4, 0.5) is 13.2 Å². The predicted molar refractivity (Wildman–Crippen MR) is 66.2 cm³/mol. The molecule has 1 heterocycles. The number of halogens is 3. The molecule has 0 aliphatic rings. The highest BCUT2D eigenvalue weighted by molar-refractivity contribution is 5.95. The summed E-state index contributed by atoms with van der Waals surface area (Å²) in [5.41, 5.74) is 5.35. The van der Waals surface area contributed by atoms with Gasteiger partial charge in [-0.3, -0.25) is 5.41 Å². The van der Waals surface area contributed by atoms with Crippen molar-refractivity contribution >= 4 is 5.84 Å². The fraction of sp³-hybridized carbons (Fsp3) is 0.0833. The van der Waals surface area contributed by atoms with Crippen LogP contribution in [0.25, 0.3) is 0 Å². The Kier molecular flexibility index (Phi) is 3.92. The molecule has 21 heavy (non-hydrogen) atoms. The van der Waals surface area contributed by atoms with Crippen molar-refractivity contribution in [3.8, 4) is 17.4 Å². The summed E-state index contributed by atoms with van der Waals surface area (Å²) in [5.74, 6) is -0.530. The van der Waals surface area contributed by atoms with E-state index in [-0.39, 0.29) is 28.9 Å². The van der Waals surface area contributed by atoms with Gasteiger partial charge in [-0.05, 0) is 24.3 Å². The quantitative estimate of drug-likeness (QED) is 0.668. The van der Waals surface area contributed by atoms with Crippen LogP contribution in [0.15, 0.2) is 36.7 Å². The van der Waals surface area contributed by atoms with Crippen molar-refractivity contribution in [3.63, 3.8) is 0 Å². The van der Waals surface area contributed by atoms with Crippen LogP contribution in [0.5, 0.6) is 17.4 Å². The molecule has 2 aromatic rings. The number of benzene rings is 1. The molecule has 6 nitrogen and oxygen atoms in total. The molecule has 3 N–H and O–H groups in total. The molecule has 0 bridgehead atoms. The first-order valence-electron chi connectivity index (χ1n) is 5.54. The third-order valence-corrected chi connectivity index (χ3v) is 2.19. The molecule has 1 aromatic heterocycles. The van der Waals surface area contributed by atoms with Crippen molar-refractivity contribution in [2.24, 2.45) is 5.73 Å². The van der Waals surface area contributed by atoms with Crippen molar-refractivity contribution < 1.29 is 22.6 Å². The summed E-state index contributed by atoms with van der Waals surface area (Å²) >= 11 is 0. The summed E-state index contributed by atoms with van der Waals surface area (Å²) in [5, 5.41) is 7.32. The number of aromatic nitrogens is 2. The number of ether oxygens (including phenoxy) is 2. The highest BCUT2D eigenvalue weighted by Gasteiger charge is 2.31. The maximum Gasteiger partial charge on any atom is 0.573 e. The van der Waals surface area contributed by atoms with Crippen molar-refractivity contribution in [1.29, 1.82) is 5.41 Å². The SMILES string of the molecule is N=C(N)c1nccnc1Oc1ccc(OC(F)(F)F)cc1. The molecule has 0 atom stereocenters. The second-order valence-electron chi connectivity index (χ2n) is 3.75. The third-order valence-electron chi connectivity index (χ3n) is 2.19. The van der Waals surface area contributed by atoms with E-state index in [1.54, 1.807) is 0 Å². The fourth-order valence-corrected chi connectivity index (χ4v) is 1.41. The van der Waals surface area contributed by atoms with Gasteiger partial charge >= 0.3 is 6.36 Å². The molecule has 0 saturated carbocycles. The number of hydrogen-bond acceptors (Lipinski definition) is 5. The van der Waals surface area contributed by atoms with Gasteiger partial charge in [0.25, 0.3) is 0 Å². The third kappa shape index (κ3) is 4.06. The zero-order valence-electron chi connectivity index (χ0n) is 10.4. The summed E-state index contributed by atoms with van der Waals surface area (Å²) in [6, 6.07) is 4.71. The highest BCUT2D eigenvalue weighted by Crippen LogP contribution is 2.27. The molecule has 0 aliphatic heterocycles. The Morgan fingerprint density at radius 3 is 2.19 bits per heavy atom. The number of hydrogen-bond donors (Lipinski definition) is 2. The normalized spacial score (nSPS) is 11.0. The second kappa shape index (κ2) is 5.65. The van der Waals surface area contributed by atoms with Crippen LogP contribution in [0.2, 0.25) is 0 Å². The molecule has 0 fully saturated rings. The first-order chi connectivity index (χ1) is 9.85. The van der Waals surface area contributed by atoms with Crippen molar-refractivity contribution in [2.45, 2.75) is 6.36 Å². The summed E-state index contributed by atoms with van der Waals surface area (Å²) in [4.78, 5) is 7.69. The van der Waals surface area contributed by atoms with Gasteiger partial charge in [-0.1, -0.05) is 0 Å². The van der Waals surface area contributed by atoms with E-state index in [1.807, 2.05) is 0 Å². The number of nitrogens with two attached hydrogens (primary N) is 1. The number of rotatable bonds is 4. The first-order valence-corrected chi connectivity index (χ1v) is 5.54. The van der Waals surface area contributed by atoms with Crippen LogP contribution in [-0.2, 0) is 0 Å². The minimum absolute atomic E-state index is 0.0190. The molecule has 1 aromatic carbocycles. The molecular weight excluding hydrogens is 289 g/mol. The Bertz CT molecular complexity index is 644. The van der Waals surface area contributed by atoms with Crippen LogP contribution < -0.4 is 15.2 Å². The van der Waals surface area contributed by atoms with Gasteiger partial charge in [0.05, 0.1) is 0 Å². The Morgan fingerprint density at radius 2 is 1.62 bits per heavy atom. The standard InChI is InChI=1S/C12H9F3N4O2/c13-12(14,15)21-8-3-1-7(2-4-8)20-11-9(10(16)17)18-5-6-19-11/h1-6H,(H3,16,17). The van der Waals surface area contributed by atoms with E-state index in [0.29, 0.717) is 0 Å². The van der Waals surface area contributed by atoms with E-state index in [9.17, 15) is 13.2 Å². The van der Waals surface area contributed by atoms with Gasteiger partial charge < -0.3 is 15.2 Å². The van der Waals surface area contributed by atoms with Gasteiger partial charge in [0.1, 0.15) is 17.3 Å². The average Bonchev–Trinajstić information content (AvgIpc) is 2.40. The minimum atomic E-state index is -4.75. The number of nitrogen functional groups attached to an aromatic ring is 1. The molecule has 0 amide bonds. The average molecular weight is 298 g/mol. The van der Waals surface area contributed by atoms with Crippen LogP contribution in [0, 0.1) is 5.41 Å². The lowest BCUT2D eigenvalue weighted by atomic mass is 10.3. The molecule has 2 rings (SSSR count). The Hall–Kier alpha value is -2.84. The molecule has 0 spiro atoms. The van der Waals surface area contributed by atoms with Gasteiger partial charge in [0.2, 0.25) is 5.88 Å². The van der Waals surface area contributed by atoms with E-state index in [1.165, 1.54) is 24.5 Å². The van der Waals surface area contributed by atoms with Gasteiger partial charge in [0.15, 0.2) is 5.69 Å². The molecule has 0 radical (unpaired) electrons. The molecule has 9 heteroatoms. The van der Waals surface area contributed by atoms with E-state index < -0.39 is 6.36 Å². The van der Waals surface area contributed by atoms with Gasteiger partial charge in [-0.2, -0.15) is 0 Å². The summed E-state index contributed by atoms with van der Waals surface area (Å²) in [7, 11) is 0. The van der Waals surface area contributed by atoms with Crippen LogP contribution >= 0.6 is 0 Å². The largest absolute Gasteiger partial charge is 0.573 e. The van der Waals surface area contributed by atoms with Crippen LogP contribution in [0.1, 0.15) is 5.69 Å². The summed E-state index contributed by atoms with van der Waals surface area (Å²) in [6.45, 7) is 0. The maximum absolute atomic E-state index is 12.0. The van der Waals surface area contributed by atoms with Crippen molar-refractivity contribution in [3.05, 3.63) is 42.4 Å². The molecule has 0 aliphatic carbocycles. The maximum atomic E-state index is 12.0. The zero-order valence-corrected chi connectivity index (χ0v) is 10.4. The lowest BCUT2D eigenvalue weighted by molar-refractivity contribution is -0.274. The Balaban J connectivity index is 2.16.